The largest absolute Gasteiger partial charge is 0.486 e. The standard InChI is InChI=1S/C27H25ClFN5O3/c28-21-10-18(1-2-22(21)29)33-27-17(13-30)14-32-23-12-25(37-19-5-8-36-15-19)24(11-20(23)27)34-26(35)9-16-3-6-31-7-4-16/h1-2,9-12,14,19,31H,3-8,15H2,(H,32,33)(H,34,35). The minimum atomic E-state index is -0.544. The fourth-order valence-electron chi connectivity index (χ4n) is 4.38. The number of rotatable bonds is 6. The first-order valence-corrected chi connectivity index (χ1v) is 12.4. The number of nitrogens with one attached hydrogen (secondary N) is 3. The van der Waals surface area contributed by atoms with Crippen LogP contribution in [0.5, 0.6) is 5.75 Å². The fourth-order valence-corrected chi connectivity index (χ4v) is 4.57. The molecule has 2 aliphatic heterocycles. The quantitative estimate of drug-likeness (QED) is 0.389. The summed E-state index contributed by atoms with van der Waals surface area (Å²) in [5, 5.41) is 19.7. The van der Waals surface area contributed by atoms with E-state index in [1.54, 1.807) is 18.2 Å². The molecule has 3 aromatic rings. The van der Waals surface area contributed by atoms with E-state index in [2.05, 4.69) is 27.0 Å². The summed E-state index contributed by atoms with van der Waals surface area (Å²) in [7, 11) is 0. The van der Waals surface area contributed by atoms with Gasteiger partial charge in [-0.1, -0.05) is 17.2 Å². The minimum absolute atomic E-state index is 0.0461. The van der Waals surface area contributed by atoms with Gasteiger partial charge in [0.25, 0.3) is 0 Å². The van der Waals surface area contributed by atoms with E-state index in [1.165, 1.54) is 24.4 Å². The highest BCUT2D eigenvalue weighted by molar-refractivity contribution is 6.31. The van der Waals surface area contributed by atoms with Gasteiger partial charge in [-0.2, -0.15) is 5.26 Å². The normalized spacial score (nSPS) is 17.3. The Morgan fingerprint density at radius 1 is 1.30 bits per heavy atom. The highest BCUT2D eigenvalue weighted by Gasteiger charge is 2.21. The number of amides is 1. The van der Waals surface area contributed by atoms with Crippen molar-refractivity contribution in [1.82, 2.24) is 10.3 Å². The van der Waals surface area contributed by atoms with E-state index in [-0.39, 0.29) is 22.6 Å². The van der Waals surface area contributed by atoms with Crippen LogP contribution < -0.4 is 20.7 Å². The third kappa shape index (κ3) is 5.83. The van der Waals surface area contributed by atoms with Crippen molar-refractivity contribution in [2.75, 3.05) is 36.9 Å². The molecule has 190 valence electrons. The molecule has 1 unspecified atom stereocenters. The average molecular weight is 522 g/mol. The molecule has 2 aliphatic rings. The zero-order valence-corrected chi connectivity index (χ0v) is 20.7. The lowest BCUT2D eigenvalue weighted by atomic mass is 10.0. The van der Waals surface area contributed by atoms with Crippen molar-refractivity contribution in [3.05, 3.63) is 64.6 Å². The monoisotopic (exact) mass is 521 g/mol. The summed E-state index contributed by atoms with van der Waals surface area (Å²) in [5.74, 6) is -0.334. The first-order chi connectivity index (χ1) is 18.0. The van der Waals surface area contributed by atoms with Gasteiger partial charge in [-0.05, 0) is 50.2 Å². The van der Waals surface area contributed by atoms with Gasteiger partial charge in [-0.15, -0.1) is 0 Å². The second-order valence-corrected chi connectivity index (χ2v) is 9.33. The number of hydrogen-bond acceptors (Lipinski definition) is 7. The summed E-state index contributed by atoms with van der Waals surface area (Å²) in [6.45, 7) is 2.76. The van der Waals surface area contributed by atoms with Crippen molar-refractivity contribution in [3.63, 3.8) is 0 Å². The first kappa shape index (κ1) is 25.0. The topological polar surface area (TPSA) is 108 Å². The number of hydrogen-bond donors (Lipinski definition) is 3. The van der Waals surface area contributed by atoms with Gasteiger partial charge in [-0.3, -0.25) is 9.78 Å². The van der Waals surface area contributed by atoms with Crippen LogP contribution in [0.1, 0.15) is 24.8 Å². The number of piperidine rings is 1. The Morgan fingerprint density at radius 3 is 2.86 bits per heavy atom. The predicted octanol–water partition coefficient (Wildman–Crippen LogP) is 5.06. The second kappa shape index (κ2) is 11.1. The molecule has 37 heavy (non-hydrogen) atoms. The molecular formula is C27H25ClFN5O3. The molecule has 0 aliphatic carbocycles. The number of halogens is 2. The van der Waals surface area contributed by atoms with Gasteiger partial charge < -0.3 is 25.4 Å². The molecule has 8 nitrogen and oxygen atoms in total. The van der Waals surface area contributed by atoms with Gasteiger partial charge >= 0.3 is 0 Å². The summed E-state index contributed by atoms with van der Waals surface area (Å²) in [5.41, 5.74) is 3.32. The van der Waals surface area contributed by atoms with Crippen LogP contribution >= 0.6 is 11.6 Å². The molecule has 0 saturated carbocycles. The van der Waals surface area contributed by atoms with Gasteiger partial charge in [0.1, 0.15) is 23.7 Å². The lowest BCUT2D eigenvalue weighted by Gasteiger charge is -2.19. The Hall–Kier alpha value is -3.71. The molecule has 3 N–H and O–H groups in total. The molecule has 0 bridgehead atoms. The fraction of sp³-hybridized carbons (Fsp3) is 0.296. The molecule has 2 saturated heterocycles. The number of anilines is 3. The Bertz CT molecular complexity index is 1410. The summed E-state index contributed by atoms with van der Waals surface area (Å²) in [6.07, 6.45) is 5.32. The van der Waals surface area contributed by atoms with Gasteiger partial charge in [0, 0.05) is 35.8 Å². The SMILES string of the molecule is N#Cc1cnc2cc(OC3CCOC3)c(NC(=O)C=C3CCNCC3)cc2c1Nc1ccc(F)c(Cl)c1. The summed E-state index contributed by atoms with van der Waals surface area (Å²) in [4.78, 5) is 17.4. The second-order valence-electron chi connectivity index (χ2n) is 8.92. The van der Waals surface area contributed by atoms with Crippen LogP contribution in [0.15, 0.2) is 48.2 Å². The highest BCUT2D eigenvalue weighted by atomic mass is 35.5. The summed E-state index contributed by atoms with van der Waals surface area (Å²) < 4.78 is 25.3. The Morgan fingerprint density at radius 2 is 2.14 bits per heavy atom. The van der Waals surface area contributed by atoms with Crippen LogP contribution in [-0.2, 0) is 9.53 Å². The molecule has 0 spiro atoms. The van der Waals surface area contributed by atoms with Crippen LogP contribution in [0.2, 0.25) is 5.02 Å². The molecule has 10 heteroatoms. The van der Waals surface area contributed by atoms with Crippen LogP contribution in [0.4, 0.5) is 21.5 Å². The van der Waals surface area contributed by atoms with Gasteiger partial charge in [0.2, 0.25) is 5.91 Å². The van der Waals surface area contributed by atoms with Crippen molar-refractivity contribution >= 4 is 45.5 Å². The third-order valence-corrected chi connectivity index (χ3v) is 6.59. The number of carbonyl (C=O) groups excluding carboxylic acids is 1. The van der Waals surface area contributed by atoms with E-state index in [0.717, 1.165) is 37.9 Å². The van der Waals surface area contributed by atoms with E-state index >= 15 is 0 Å². The maximum Gasteiger partial charge on any atom is 0.248 e. The van der Waals surface area contributed by atoms with Crippen molar-refractivity contribution in [2.45, 2.75) is 25.4 Å². The minimum Gasteiger partial charge on any atom is -0.486 e. The number of fused-ring (bicyclic) bond motifs is 1. The molecular weight excluding hydrogens is 497 g/mol. The highest BCUT2D eigenvalue weighted by Crippen LogP contribution is 2.37. The molecule has 1 atom stereocenters. The van der Waals surface area contributed by atoms with E-state index in [1.807, 2.05) is 0 Å². The van der Waals surface area contributed by atoms with Gasteiger partial charge in [-0.25, -0.2) is 4.39 Å². The van der Waals surface area contributed by atoms with E-state index in [0.29, 0.717) is 46.9 Å². The number of benzene rings is 2. The summed E-state index contributed by atoms with van der Waals surface area (Å²) >= 11 is 5.96. The van der Waals surface area contributed by atoms with Gasteiger partial charge in [0.15, 0.2) is 0 Å². The summed E-state index contributed by atoms with van der Waals surface area (Å²) in [6, 6.07) is 9.83. The molecule has 2 fully saturated rings. The Balaban J connectivity index is 1.56. The predicted molar refractivity (Wildman–Crippen MR) is 140 cm³/mol. The number of carbonyl (C=O) groups is 1. The molecule has 1 aromatic heterocycles. The number of pyridine rings is 1. The van der Waals surface area contributed by atoms with Crippen LogP contribution in [-0.4, -0.2) is 43.3 Å². The van der Waals surface area contributed by atoms with Crippen LogP contribution in [0.25, 0.3) is 10.9 Å². The molecule has 5 rings (SSSR count). The smallest absolute Gasteiger partial charge is 0.248 e. The molecule has 1 amide bonds. The van der Waals surface area contributed by atoms with Crippen LogP contribution in [0.3, 0.4) is 0 Å². The van der Waals surface area contributed by atoms with Crippen molar-refractivity contribution < 1.29 is 18.7 Å². The number of nitriles is 1. The molecule has 3 heterocycles. The van der Waals surface area contributed by atoms with Crippen LogP contribution in [0, 0.1) is 17.1 Å². The van der Waals surface area contributed by atoms with Crippen molar-refractivity contribution in [3.8, 4) is 11.8 Å². The van der Waals surface area contributed by atoms with Crippen molar-refractivity contribution in [1.29, 1.82) is 5.26 Å². The Kier molecular flexibility index (Phi) is 7.51. The average Bonchev–Trinajstić information content (AvgIpc) is 3.41. The van der Waals surface area contributed by atoms with E-state index in [9.17, 15) is 14.4 Å². The van der Waals surface area contributed by atoms with E-state index in [4.69, 9.17) is 21.1 Å². The third-order valence-electron chi connectivity index (χ3n) is 6.30. The maximum absolute atomic E-state index is 13.7. The van der Waals surface area contributed by atoms with Crippen molar-refractivity contribution in [2.24, 2.45) is 0 Å². The lowest BCUT2D eigenvalue weighted by molar-refractivity contribution is -0.112. The number of nitrogens with zero attached hydrogens (tertiary/aromatic N) is 2. The van der Waals surface area contributed by atoms with Gasteiger partial charge in [0.05, 0.1) is 40.7 Å². The lowest BCUT2D eigenvalue weighted by Crippen LogP contribution is -2.24. The Labute approximate surface area is 218 Å². The maximum atomic E-state index is 13.7. The number of aromatic nitrogens is 1. The molecule has 0 radical (unpaired) electrons. The number of ether oxygens (including phenoxy) is 2. The first-order valence-electron chi connectivity index (χ1n) is 12.0. The van der Waals surface area contributed by atoms with E-state index < -0.39 is 5.82 Å². The molecule has 2 aromatic carbocycles. The zero-order valence-electron chi connectivity index (χ0n) is 19.9. The zero-order chi connectivity index (χ0) is 25.8.